The molecule has 2 aliphatic rings. The van der Waals surface area contributed by atoms with Crippen LogP contribution in [0.2, 0.25) is 0 Å². The molecule has 1 N–H and O–H groups in total. The molecule has 110 valence electrons. The average molecular weight is 294 g/mol. The van der Waals surface area contributed by atoms with E-state index < -0.39 is 10.0 Å². The Balaban J connectivity index is 1.83. The van der Waals surface area contributed by atoms with Gasteiger partial charge in [0.2, 0.25) is 10.0 Å². The van der Waals surface area contributed by atoms with Crippen molar-refractivity contribution in [3.05, 3.63) is 29.8 Å². The maximum atomic E-state index is 12.7. The molecule has 2 fully saturated rings. The van der Waals surface area contributed by atoms with Crippen LogP contribution >= 0.6 is 0 Å². The van der Waals surface area contributed by atoms with Crippen LogP contribution in [0.1, 0.15) is 31.7 Å². The smallest absolute Gasteiger partial charge is 0.243 e. The summed E-state index contributed by atoms with van der Waals surface area (Å²) in [5.74, 6) is 0. The Labute approximate surface area is 121 Å². The van der Waals surface area contributed by atoms with Gasteiger partial charge in [-0.1, -0.05) is 19.1 Å². The number of nitrogens with one attached hydrogen (secondary N) is 1. The monoisotopic (exact) mass is 294 g/mol. The highest BCUT2D eigenvalue weighted by atomic mass is 32.2. The minimum atomic E-state index is -3.34. The molecule has 2 bridgehead atoms. The Hall–Kier alpha value is -0.910. The minimum Gasteiger partial charge on any atom is -0.310 e. The summed E-state index contributed by atoms with van der Waals surface area (Å²) in [4.78, 5) is 0.424. The van der Waals surface area contributed by atoms with Gasteiger partial charge in [-0.05, 0) is 43.4 Å². The zero-order chi connectivity index (χ0) is 14.2. The molecule has 4 nitrogen and oxygen atoms in total. The summed E-state index contributed by atoms with van der Waals surface area (Å²) in [6.07, 6.45) is 4.12. The molecule has 20 heavy (non-hydrogen) atoms. The highest BCUT2D eigenvalue weighted by Crippen LogP contribution is 2.25. The summed E-state index contributed by atoms with van der Waals surface area (Å²) >= 11 is 0. The average Bonchev–Trinajstić information content (AvgIpc) is 2.77. The van der Waals surface area contributed by atoms with Gasteiger partial charge in [0.05, 0.1) is 4.90 Å². The van der Waals surface area contributed by atoms with Crippen molar-refractivity contribution in [1.29, 1.82) is 0 Å². The molecule has 2 saturated heterocycles. The number of hydrogen-bond donors (Lipinski definition) is 1. The fourth-order valence-corrected chi connectivity index (χ4v) is 4.68. The Morgan fingerprint density at radius 1 is 1.15 bits per heavy atom. The Morgan fingerprint density at radius 2 is 1.85 bits per heavy atom. The molecule has 0 aliphatic carbocycles. The van der Waals surface area contributed by atoms with Gasteiger partial charge in [0.25, 0.3) is 0 Å². The van der Waals surface area contributed by atoms with Crippen LogP contribution in [0, 0.1) is 0 Å². The summed E-state index contributed by atoms with van der Waals surface area (Å²) in [5.41, 5.74) is 1.17. The molecule has 5 heteroatoms. The standard InChI is InChI=1S/C15H22N2O2S/c1-2-12-3-7-15(8-4-12)20(18,19)17-10-9-13-5-6-14(11-17)16-13/h3-4,7-8,13-14,16H,2,5-6,9-11H2,1H3. The van der Waals surface area contributed by atoms with E-state index in [0.29, 0.717) is 30.1 Å². The fourth-order valence-electron chi connectivity index (χ4n) is 3.18. The molecule has 0 radical (unpaired) electrons. The quantitative estimate of drug-likeness (QED) is 0.924. The van der Waals surface area contributed by atoms with E-state index >= 15 is 0 Å². The first-order chi connectivity index (χ1) is 9.59. The maximum Gasteiger partial charge on any atom is 0.243 e. The third kappa shape index (κ3) is 2.62. The van der Waals surface area contributed by atoms with E-state index in [9.17, 15) is 8.42 Å². The fraction of sp³-hybridized carbons (Fsp3) is 0.600. The maximum absolute atomic E-state index is 12.7. The lowest BCUT2D eigenvalue weighted by Crippen LogP contribution is -2.39. The lowest BCUT2D eigenvalue weighted by atomic mass is 10.1. The van der Waals surface area contributed by atoms with E-state index in [4.69, 9.17) is 0 Å². The predicted molar refractivity (Wildman–Crippen MR) is 79.1 cm³/mol. The highest BCUT2D eigenvalue weighted by molar-refractivity contribution is 7.89. The van der Waals surface area contributed by atoms with Crippen LogP contribution < -0.4 is 5.32 Å². The molecule has 0 spiro atoms. The van der Waals surface area contributed by atoms with Crippen LogP contribution in [0.5, 0.6) is 0 Å². The van der Waals surface area contributed by atoms with E-state index in [1.807, 2.05) is 12.1 Å². The molecule has 2 aliphatic heterocycles. The van der Waals surface area contributed by atoms with Gasteiger partial charge in [0, 0.05) is 25.2 Å². The van der Waals surface area contributed by atoms with Crippen molar-refractivity contribution in [2.75, 3.05) is 13.1 Å². The highest BCUT2D eigenvalue weighted by Gasteiger charge is 2.34. The molecular weight excluding hydrogens is 272 g/mol. The second kappa shape index (κ2) is 5.47. The second-order valence-electron chi connectivity index (χ2n) is 5.79. The van der Waals surface area contributed by atoms with Gasteiger partial charge < -0.3 is 5.32 Å². The van der Waals surface area contributed by atoms with Crippen molar-refractivity contribution >= 4 is 10.0 Å². The molecule has 1 aromatic carbocycles. The summed E-state index contributed by atoms with van der Waals surface area (Å²) in [6.45, 7) is 3.31. The Kier molecular flexibility index (Phi) is 3.84. The van der Waals surface area contributed by atoms with Gasteiger partial charge >= 0.3 is 0 Å². The first-order valence-corrected chi connectivity index (χ1v) is 8.88. The van der Waals surface area contributed by atoms with Crippen LogP contribution in [-0.2, 0) is 16.4 Å². The van der Waals surface area contributed by atoms with E-state index in [1.54, 1.807) is 16.4 Å². The van der Waals surface area contributed by atoms with Crippen LogP contribution in [0.25, 0.3) is 0 Å². The number of rotatable bonds is 3. The third-order valence-electron chi connectivity index (χ3n) is 4.46. The van der Waals surface area contributed by atoms with Gasteiger partial charge in [-0.3, -0.25) is 0 Å². The van der Waals surface area contributed by atoms with Crippen LogP contribution in [-0.4, -0.2) is 37.9 Å². The first kappa shape index (κ1) is 14.0. The van der Waals surface area contributed by atoms with Crippen molar-refractivity contribution < 1.29 is 8.42 Å². The minimum absolute atomic E-state index is 0.326. The third-order valence-corrected chi connectivity index (χ3v) is 6.33. The molecule has 2 atom stereocenters. The molecular formula is C15H22N2O2S. The van der Waals surface area contributed by atoms with Crippen LogP contribution in [0.3, 0.4) is 0 Å². The van der Waals surface area contributed by atoms with E-state index in [1.165, 1.54) is 12.0 Å². The summed E-state index contributed by atoms with van der Waals surface area (Å²) in [5, 5.41) is 3.52. The van der Waals surface area contributed by atoms with Crippen LogP contribution in [0.4, 0.5) is 0 Å². The van der Waals surface area contributed by atoms with E-state index in [2.05, 4.69) is 12.2 Å². The number of sulfonamides is 1. The molecule has 1 aromatic rings. The van der Waals surface area contributed by atoms with Gasteiger partial charge in [-0.15, -0.1) is 0 Å². The summed E-state index contributed by atoms with van der Waals surface area (Å²) in [6, 6.07) is 8.13. The zero-order valence-electron chi connectivity index (χ0n) is 11.9. The van der Waals surface area contributed by atoms with Crippen molar-refractivity contribution in [3.8, 4) is 0 Å². The summed E-state index contributed by atoms with van der Waals surface area (Å²) < 4.78 is 27.1. The number of nitrogens with zero attached hydrogens (tertiary/aromatic N) is 1. The molecule has 0 saturated carbocycles. The summed E-state index contributed by atoms with van der Waals surface area (Å²) in [7, 11) is -3.34. The van der Waals surface area contributed by atoms with Crippen molar-refractivity contribution in [2.24, 2.45) is 0 Å². The predicted octanol–water partition coefficient (Wildman–Crippen LogP) is 1.76. The van der Waals surface area contributed by atoms with Crippen molar-refractivity contribution in [1.82, 2.24) is 9.62 Å². The number of benzene rings is 1. The number of aryl methyl sites for hydroxylation is 1. The first-order valence-electron chi connectivity index (χ1n) is 7.44. The molecule has 0 aromatic heterocycles. The lowest BCUT2D eigenvalue weighted by Gasteiger charge is -2.23. The van der Waals surface area contributed by atoms with E-state index in [-0.39, 0.29) is 0 Å². The molecule has 2 heterocycles. The largest absolute Gasteiger partial charge is 0.310 e. The Bertz CT molecular complexity index is 568. The molecule has 3 rings (SSSR count). The van der Waals surface area contributed by atoms with Crippen LogP contribution in [0.15, 0.2) is 29.2 Å². The van der Waals surface area contributed by atoms with Gasteiger partial charge in [0.1, 0.15) is 0 Å². The zero-order valence-corrected chi connectivity index (χ0v) is 12.7. The normalized spacial score (nSPS) is 27.4. The Morgan fingerprint density at radius 3 is 2.55 bits per heavy atom. The van der Waals surface area contributed by atoms with Gasteiger partial charge in [0.15, 0.2) is 0 Å². The van der Waals surface area contributed by atoms with E-state index in [0.717, 1.165) is 19.3 Å². The molecule has 2 unspecified atom stereocenters. The second-order valence-corrected chi connectivity index (χ2v) is 7.73. The molecule has 0 amide bonds. The van der Waals surface area contributed by atoms with Gasteiger partial charge in [-0.2, -0.15) is 4.31 Å². The van der Waals surface area contributed by atoms with Crippen molar-refractivity contribution in [2.45, 2.75) is 49.6 Å². The number of hydrogen-bond acceptors (Lipinski definition) is 3. The SMILES string of the molecule is CCc1ccc(S(=O)(=O)N2CCC3CCC(C2)N3)cc1. The lowest BCUT2D eigenvalue weighted by molar-refractivity contribution is 0.383. The number of fused-ring (bicyclic) bond motifs is 2. The van der Waals surface area contributed by atoms with Crippen molar-refractivity contribution in [3.63, 3.8) is 0 Å². The van der Waals surface area contributed by atoms with Gasteiger partial charge in [-0.25, -0.2) is 8.42 Å². The topological polar surface area (TPSA) is 49.4 Å².